The van der Waals surface area contributed by atoms with Crippen LogP contribution in [0.25, 0.3) is 20.9 Å². The van der Waals surface area contributed by atoms with Crippen molar-refractivity contribution in [3.8, 4) is 5.75 Å². The van der Waals surface area contributed by atoms with Gasteiger partial charge in [-0.3, -0.25) is 14.5 Å². The van der Waals surface area contributed by atoms with E-state index in [4.69, 9.17) is 38.4 Å². The molecular weight excluding hydrogens is 1710 g/mol. The highest BCUT2D eigenvalue weighted by molar-refractivity contribution is 9.26. The summed E-state index contributed by atoms with van der Waals surface area (Å²) in [5.74, 6) is -14.5. The summed E-state index contributed by atoms with van der Waals surface area (Å²) in [6.07, 6.45) is 14.3. The van der Waals surface area contributed by atoms with E-state index in [1.54, 1.807) is 27.6 Å². The lowest BCUT2D eigenvalue weighted by molar-refractivity contribution is -0.145. The van der Waals surface area contributed by atoms with Crippen LogP contribution in [0.2, 0.25) is 55.9 Å². The Labute approximate surface area is 712 Å². The number of aliphatic hydroxyl groups is 1. The van der Waals surface area contributed by atoms with E-state index in [0.29, 0.717) is 68.8 Å². The fraction of sp³-hybridized carbons (Fsp3) is 0.787. The molecule has 1 N–H and O–H groups in total. The number of ether oxygens (including phenoxy) is 5. The normalized spacial score (nSPS) is 15.0. The molecule has 0 bridgehead atoms. The van der Waals surface area contributed by atoms with E-state index in [2.05, 4.69) is 176 Å². The number of azide groups is 2. The summed E-state index contributed by atoms with van der Waals surface area (Å²) >= 11 is 9.48. The second kappa shape index (κ2) is 62.7. The molecule has 0 radical (unpaired) electrons. The zero-order chi connectivity index (χ0) is 88.2. The molecule has 4 rings (SSSR count). The standard InChI is InChI=1S/C29H53N5O5SSi.C24H42N4O4SSi.C13H12F5NO2.C6H13BrO.C5H12O.C3H9BrSi/c1-10-15-16-17-38-20-34(28(35)26(32-33-30)22(8)11-2)24(21(6)7)18-25(39-41(12-3,13-4)14-5)27-31-23(19-40-27)29(36)37-9;1-9-17(7)22(27-28-25)20(29)13-18(16(5)6)14-21(32-34(10-2,11-3)12-4)23-26-19(15-33-23)24(30)31-8;1-19-5-3-2-4-6(19)13(20)21-12-10(17)8(15)7(14)9(16)11(12)18;1-2-3-4-5-8-6-7;1-2-3-4-5-6;1-5(2,3)4/h19,21-22,24-26H,10-18,20H2,1-9H3;15-18,21-22H,9-14H2,1-8H3;6H,2-5H2,1H3;2-6H2,1H3;6H,2-5H2,1H3;1-3H3/t22?,24-,25-,26+;17?,18-,21-,22+;6-;;;/m111.../s1. The van der Waals surface area contributed by atoms with Crippen molar-refractivity contribution in [2.45, 2.75) is 319 Å². The number of ketones is 1. The van der Waals surface area contributed by atoms with Crippen LogP contribution in [0.3, 0.4) is 0 Å². The number of esters is 3. The third-order valence-electron chi connectivity index (χ3n) is 20.4. The number of Topliss-reactive ketones (excluding diaryl/α,β-unsaturated/α-hetero) is 1. The second-order valence-electron chi connectivity index (χ2n) is 30.4. The Morgan fingerprint density at radius 2 is 1.05 bits per heavy atom. The number of rotatable bonds is 47. The Hall–Kier alpha value is -4.33. The fourth-order valence-corrected chi connectivity index (χ4v) is 19.8. The number of thiazole rings is 2. The van der Waals surface area contributed by atoms with E-state index in [1.165, 1.54) is 62.6 Å². The van der Waals surface area contributed by atoms with Gasteiger partial charge in [0.2, 0.25) is 40.7 Å². The average Bonchev–Trinajstić information content (AvgIpc) is 1.34. The highest BCUT2D eigenvalue weighted by Crippen LogP contribution is 2.41. The number of likely N-dealkylation sites (N-methyl/N-ethyl adjacent to an activating group) is 1. The first-order valence-corrected chi connectivity index (χ1v) is 54.8. The van der Waals surface area contributed by atoms with Gasteiger partial charge in [0.1, 0.15) is 46.8 Å². The molecule has 1 saturated heterocycles. The van der Waals surface area contributed by atoms with Crippen LogP contribution in [0.4, 0.5) is 22.0 Å². The Morgan fingerprint density at radius 1 is 0.635 bits per heavy atom. The van der Waals surface area contributed by atoms with Crippen molar-refractivity contribution >= 4 is 107 Å². The molecule has 0 spiro atoms. The van der Waals surface area contributed by atoms with Crippen molar-refractivity contribution in [2.24, 2.45) is 39.8 Å². The van der Waals surface area contributed by atoms with Gasteiger partial charge in [0.05, 0.1) is 32.5 Å². The zero-order valence-corrected chi connectivity index (χ0v) is 81.1. The van der Waals surface area contributed by atoms with Crippen molar-refractivity contribution < 1.29 is 83.6 Å². The number of nitrogens with zero attached hydrogens (tertiary/aromatic N) is 10. The summed E-state index contributed by atoms with van der Waals surface area (Å²) < 4.78 is 105. The van der Waals surface area contributed by atoms with E-state index in [9.17, 15) is 51.5 Å². The first kappa shape index (κ1) is 113. The predicted octanol–water partition coefficient (Wildman–Crippen LogP) is 24.2. The predicted molar refractivity (Wildman–Crippen MR) is 467 cm³/mol. The lowest BCUT2D eigenvalue weighted by Gasteiger charge is -2.40. The molecule has 3 aromatic rings. The summed E-state index contributed by atoms with van der Waals surface area (Å²) in [5.41, 5.74) is 19.5. The molecule has 3 heterocycles. The number of amides is 1. The van der Waals surface area contributed by atoms with E-state index in [1.807, 2.05) is 27.7 Å². The number of alkyl halides is 1. The molecule has 1 fully saturated rings. The molecule has 1 aliphatic rings. The average molecular weight is 1850 g/mol. The maximum absolute atomic E-state index is 14.1. The summed E-state index contributed by atoms with van der Waals surface area (Å²) in [6.45, 7) is 44.2. The highest BCUT2D eigenvalue weighted by Gasteiger charge is 2.42. The number of unbranched alkanes of at least 4 members (excludes halogenated alkanes) is 6. The van der Waals surface area contributed by atoms with Crippen molar-refractivity contribution in [1.29, 1.82) is 0 Å². The van der Waals surface area contributed by atoms with E-state index in [-0.39, 0.29) is 71.5 Å². The highest BCUT2D eigenvalue weighted by atomic mass is 79.9. The largest absolute Gasteiger partial charge is 0.464 e. The van der Waals surface area contributed by atoms with Gasteiger partial charge in [-0.15, -0.1) is 38.0 Å². The maximum atomic E-state index is 14.1. The van der Waals surface area contributed by atoms with Gasteiger partial charge >= 0.3 is 17.9 Å². The minimum absolute atomic E-state index is 0.00910. The maximum Gasteiger partial charge on any atom is 0.357 e. The van der Waals surface area contributed by atoms with Crippen molar-refractivity contribution in [3.05, 3.63) is 82.1 Å². The Kier molecular flexibility index (Phi) is 61.5. The molecule has 0 saturated carbocycles. The number of halogens is 7. The molecule has 9 atom stereocenters. The van der Waals surface area contributed by atoms with Gasteiger partial charge in [0.25, 0.3) is 0 Å². The van der Waals surface area contributed by atoms with Crippen molar-refractivity contribution in [3.63, 3.8) is 0 Å². The van der Waals surface area contributed by atoms with E-state index in [0.717, 1.165) is 92.8 Å². The first-order valence-electron chi connectivity index (χ1n) is 41.2. The smallest absolute Gasteiger partial charge is 0.357 e. The molecule has 1 aliphatic heterocycles. The van der Waals surface area contributed by atoms with Crippen LogP contribution in [-0.4, -0.2) is 162 Å². The Morgan fingerprint density at radius 3 is 1.43 bits per heavy atom. The lowest BCUT2D eigenvalue weighted by atomic mass is 9.82. The summed E-state index contributed by atoms with van der Waals surface area (Å²) in [5, 5.41) is 20.8. The minimum Gasteiger partial charge on any atom is -0.464 e. The zero-order valence-electron chi connectivity index (χ0n) is 73.3. The molecular formula is C80H141Br2F5N10O13S2Si3. The Bertz CT molecular complexity index is 3260. The van der Waals surface area contributed by atoms with Crippen LogP contribution in [0.5, 0.6) is 5.75 Å². The van der Waals surface area contributed by atoms with Crippen LogP contribution in [0.1, 0.15) is 270 Å². The molecule has 23 nitrogen and oxygen atoms in total. The van der Waals surface area contributed by atoms with Crippen molar-refractivity contribution in [2.75, 3.05) is 59.9 Å². The molecule has 1 amide bonds. The SMILES string of the molecule is CCC(C)[C@H](N=[N+]=[N-])C(=O)C[C@H](C[C@@H](O[Si](CC)(CC)CC)c1nc(C(=O)OC)cs1)C(C)C.CCCCCO.CCCCCOCBr.CCCCCOCN(C(=O)[C@@H](N=[N+]=[N-])C(C)CC)[C@H](C[C@@H](O[Si](CC)(CC)CC)c1nc(C(=O)OC)cs1)C(C)C.CN1CCCC[C@@H]1C(=O)Oc1c(F)c(F)c(F)c(F)c1F.C[Si](C)(C)Br. The Balaban J connectivity index is 0. The van der Waals surface area contributed by atoms with E-state index < -0.39 is 100 Å². The van der Waals surface area contributed by atoms with Gasteiger partial charge in [0, 0.05) is 52.9 Å². The summed E-state index contributed by atoms with van der Waals surface area (Å²) in [7, 11) is 0.208. The van der Waals surface area contributed by atoms with E-state index >= 15 is 0 Å². The molecule has 35 heteroatoms. The molecule has 115 heavy (non-hydrogen) atoms. The van der Waals surface area contributed by atoms with Crippen LogP contribution in [-0.2, 0) is 42.2 Å². The number of piperidine rings is 1. The van der Waals surface area contributed by atoms with Crippen LogP contribution in [0.15, 0.2) is 21.0 Å². The van der Waals surface area contributed by atoms with Gasteiger partial charge in [-0.05, 0) is 135 Å². The topological polar surface area (TPSA) is 300 Å². The number of hydrogen-bond donors (Lipinski definition) is 1. The third kappa shape index (κ3) is 42.2. The quantitative estimate of drug-likeness (QED) is 0.00438. The molecule has 0 aliphatic carbocycles. The number of methoxy groups -OCH3 is 2. The van der Waals surface area contributed by atoms with Gasteiger partial charge in [0.15, 0.2) is 28.0 Å². The first-order chi connectivity index (χ1) is 54.4. The molecule has 1 aromatic carbocycles. The number of carbonyl (C=O) groups is 5. The summed E-state index contributed by atoms with van der Waals surface area (Å²) in [6, 6.07) is 3.30. The number of likely N-dealkylation sites (tertiary alicyclic amines) is 1. The number of aromatic nitrogens is 2. The number of carbonyl (C=O) groups excluding carboxylic acids is 5. The van der Waals surface area contributed by atoms with Gasteiger partial charge in [-0.2, -0.15) is 8.78 Å². The number of aliphatic hydroxyl groups excluding tert-OH is 1. The molecule has 2 unspecified atom stereocenters. The monoisotopic (exact) mass is 1850 g/mol. The molecule has 2 aromatic heterocycles. The summed E-state index contributed by atoms with van der Waals surface area (Å²) in [4.78, 5) is 81.8. The fourth-order valence-electron chi connectivity index (χ4n) is 12.1. The van der Waals surface area contributed by atoms with Crippen molar-refractivity contribution in [1.82, 2.24) is 19.8 Å². The second-order valence-corrected chi connectivity index (χ2v) is 53.4. The number of hydrogen-bond acceptors (Lipinski definition) is 20. The van der Waals surface area contributed by atoms with Gasteiger partial charge < -0.3 is 42.5 Å². The van der Waals surface area contributed by atoms with Gasteiger partial charge in [-0.25, -0.2) is 37.5 Å². The lowest BCUT2D eigenvalue weighted by Crippen LogP contribution is -2.51. The third-order valence-corrected chi connectivity index (χ3v) is 31.9. The van der Waals surface area contributed by atoms with Crippen LogP contribution < -0.4 is 4.74 Å². The minimum atomic E-state index is -2.29. The van der Waals surface area contributed by atoms with Crippen LogP contribution in [0, 0.1) is 58.7 Å². The van der Waals surface area contributed by atoms with Crippen LogP contribution >= 0.6 is 53.9 Å². The molecule has 662 valence electrons. The van der Waals surface area contributed by atoms with Gasteiger partial charge in [-0.1, -0.05) is 221 Å². The number of benzene rings is 1.